The molecule has 0 unspecified atom stereocenters. The van der Waals surface area contributed by atoms with Gasteiger partial charge in [-0.25, -0.2) is 9.59 Å². The van der Waals surface area contributed by atoms with Gasteiger partial charge in [-0.3, -0.25) is 4.55 Å². The van der Waals surface area contributed by atoms with E-state index < -0.39 is 38.1 Å². The van der Waals surface area contributed by atoms with Gasteiger partial charge < -0.3 is 21.2 Å². The Morgan fingerprint density at radius 3 is 1.72 bits per heavy atom. The van der Waals surface area contributed by atoms with Gasteiger partial charge >= 0.3 is 11.9 Å². The summed E-state index contributed by atoms with van der Waals surface area (Å²) >= 11 is 0. The molecule has 0 saturated carbocycles. The Hall–Kier alpha value is -2.01. The minimum absolute atomic E-state index is 0. The van der Waals surface area contributed by atoms with E-state index in [0.717, 1.165) is 12.1 Å². The zero-order chi connectivity index (χ0) is 12.5. The Balaban J connectivity index is 0. The molecule has 0 spiro atoms. The minimum atomic E-state index is -4.56. The molecule has 102 valence electrons. The van der Waals surface area contributed by atoms with Gasteiger partial charge in [-0.05, 0) is 18.2 Å². The van der Waals surface area contributed by atoms with Crippen LogP contribution in [0.15, 0.2) is 23.1 Å². The zero-order valence-electron chi connectivity index (χ0n) is 8.61. The Kier molecular flexibility index (Phi) is 6.19. The first-order chi connectivity index (χ1) is 7.23. The molecular weight excluding hydrogens is 272 g/mol. The number of carboxylic acids is 2. The lowest BCUT2D eigenvalue weighted by atomic mass is 10.1. The van der Waals surface area contributed by atoms with Crippen molar-refractivity contribution in [3.8, 4) is 0 Å². The van der Waals surface area contributed by atoms with Crippen LogP contribution in [0.3, 0.4) is 0 Å². The first-order valence-corrected chi connectivity index (χ1v) is 5.25. The van der Waals surface area contributed by atoms with Gasteiger partial charge in [-0.15, -0.1) is 0 Å². The number of carboxylic acid groups (broad SMARTS) is 2. The number of hydrogen-bond donors (Lipinski definition) is 3. The van der Waals surface area contributed by atoms with E-state index in [4.69, 9.17) is 14.8 Å². The van der Waals surface area contributed by atoms with Crippen LogP contribution in [-0.2, 0) is 10.1 Å². The highest BCUT2D eigenvalue weighted by Gasteiger charge is 2.19. The first kappa shape index (κ1) is 18.4. The van der Waals surface area contributed by atoms with Gasteiger partial charge in [0.25, 0.3) is 10.1 Å². The van der Waals surface area contributed by atoms with Crippen molar-refractivity contribution in [3.05, 3.63) is 29.3 Å². The maximum absolute atomic E-state index is 10.7. The lowest BCUT2D eigenvalue weighted by Gasteiger charge is -2.03. The molecule has 0 radical (unpaired) electrons. The van der Waals surface area contributed by atoms with Gasteiger partial charge in [0.15, 0.2) is 0 Å². The third-order valence-corrected chi connectivity index (χ3v) is 2.60. The van der Waals surface area contributed by atoms with Crippen LogP contribution in [-0.4, -0.2) is 46.1 Å². The Bertz CT molecular complexity index is 560. The molecule has 0 aliphatic rings. The summed E-state index contributed by atoms with van der Waals surface area (Å²) in [5.41, 5.74) is -1.26. The van der Waals surface area contributed by atoms with Crippen LogP contribution >= 0.6 is 0 Å². The third-order valence-electron chi connectivity index (χ3n) is 1.75. The van der Waals surface area contributed by atoms with Gasteiger partial charge in [0, 0.05) is 0 Å². The minimum Gasteiger partial charge on any atom is -0.478 e. The molecule has 0 aliphatic carbocycles. The highest BCUT2D eigenvalue weighted by Crippen LogP contribution is 2.16. The molecule has 0 heterocycles. The average Bonchev–Trinajstić information content (AvgIpc) is 2.15. The maximum atomic E-state index is 10.7. The van der Waals surface area contributed by atoms with Crippen molar-refractivity contribution in [2.24, 2.45) is 0 Å². The van der Waals surface area contributed by atoms with Crippen LogP contribution in [0, 0.1) is 0 Å². The van der Waals surface area contributed by atoms with Crippen molar-refractivity contribution in [1.29, 1.82) is 0 Å². The molecule has 0 saturated heterocycles. The average molecular weight is 282 g/mol. The van der Waals surface area contributed by atoms with Crippen molar-refractivity contribution in [2.75, 3.05) is 0 Å². The largest absolute Gasteiger partial charge is 0.478 e. The second-order valence-electron chi connectivity index (χ2n) is 2.79. The van der Waals surface area contributed by atoms with E-state index in [1.165, 1.54) is 0 Å². The number of hydrogen-bond acceptors (Lipinski definition) is 4. The molecule has 1 aromatic rings. The van der Waals surface area contributed by atoms with Gasteiger partial charge in [0.1, 0.15) is 0 Å². The first-order valence-electron chi connectivity index (χ1n) is 3.81. The molecule has 10 heteroatoms. The summed E-state index contributed by atoms with van der Waals surface area (Å²) in [6.45, 7) is 0. The zero-order valence-corrected chi connectivity index (χ0v) is 9.43. The molecule has 0 fully saturated rings. The molecule has 0 aromatic heterocycles. The predicted octanol–water partition coefficient (Wildman–Crippen LogP) is -1.32. The van der Waals surface area contributed by atoms with Crippen LogP contribution in [0.2, 0.25) is 0 Å². The number of benzene rings is 1. The van der Waals surface area contributed by atoms with Crippen LogP contribution < -0.4 is 0 Å². The van der Waals surface area contributed by atoms with Gasteiger partial charge in [0.2, 0.25) is 0 Å². The van der Waals surface area contributed by atoms with E-state index in [1.807, 2.05) is 0 Å². The summed E-state index contributed by atoms with van der Waals surface area (Å²) in [5.74, 6) is -3.10. The summed E-state index contributed by atoms with van der Waals surface area (Å²) in [6, 6.07) is 2.20. The second kappa shape index (κ2) is 6.07. The normalized spacial score (nSPS) is 9.83. The lowest BCUT2D eigenvalue weighted by molar-refractivity contribution is 0.0651. The third kappa shape index (κ3) is 3.78. The van der Waals surface area contributed by atoms with Crippen molar-refractivity contribution in [3.63, 3.8) is 0 Å². The molecule has 0 bridgehead atoms. The summed E-state index contributed by atoms with van der Waals surface area (Å²) in [6.07, 6.45) is 0. The quantitative estimate of drug-likeness (QED) is 0.572. The fourth-order valence-corrected chi connectivity index (χ4v) is 1.55. The van der Waals surface area contributed by atoms with E-state index in [9.17, 15) is 18.0 Å². The molecule has 1 rings (SSSR count). The van der Waals surface area contributed by atoms with Crippen LogP contribution in [0.4, 0.5) is 0 Å². The summed E-state index contributed by atoms with van der Waals surface area (Å²) in [5, 5.41) is 17.3. The molecule has 0 aliphatic heterocycles. The lowest BCUT2D eigenvalue weighted by Crippen LogP contribution is -2.10. The topological polar surface area (TPSA) is 192 Å². The van der Waals surface area contributed by atoms with Gasteiger partial charge in [0.05, 0.1) is 16.0 Å². The highest BCUT2D eigenvalue weighted by molar-refractivity contribution is 7.85. The van der Waals surface area contributed by atoms with Crippen LogP contribution in [0.5, 0.6) is 0 Å². The molecular formula is C8H10O9S. The van der Waals surface area contributed by atoms with Crippen molar-refractivity contribution >= 4 is 22.1 Å². The Morgan fingerprint density at radius 1 is 0.944 bits per heavy atom. The predicted molar refractivity (Wildman–Crippen MR) is 57.4 cm³/mol. The molecule has 18 heavy (non-hydrogen) atoms. The van der Waals surface area contributed by atoms with E-state index in [1.54, 1.807) is 0 Å². The fraction of sp³-hybridized carbons (Fsp3) is 0. The number of carbonyl (C=O) groups is 2. The van der Waals surface area contributed by atoms with E-state index in [-0.39, 0.29) is 11.0 Å². The maximum Gasteiger partial charge on any atom is 0.336 e. The van der Waals surface area contributed by atoms with E-state index >= 15 is 0 Å². The van der Waals surface area contributed by atoms with E-state index in [2.05, 4.69) is 0 Å². The highest BCUT2D eigenvalue weighted by atomic mass is 32.2. The Labute approximate surface area is 101 Å². The van der Waals surface area contributed by atoms with Crippen molar-refractivity contribution in [2.45, 2.75) is 4.90 Å². The standard InChI is InChI=1S/C8H6O7S.2H2O/c9-7(10)5-2-1-4(16(13,14)15)3-6(5)8(11)12;;/h1-3H,(H,9,10)(H,11,12)(H,13,14,15);2*1H2. The van der Waals surface area contributed by atoms with E-state index in [0.29, 0.717) is 6.07 Å². The monoisotopic (exact) mass is 282 g/mol. The molecule has 1 aromatic carbocycles. The molecule has 0 amide bonds. The SMILES string of the molecule is O.O.O=C(O)c1ccc(S(=O)(=O)O)cc1C(=O)O. The Morgan fingerprint density at radius 2 is 1.39 bits per heavy atom. The second-order valence-corrected chi connectivity index (χ2v) is 4.21. The van der Waals surface area contributed by atoms with Gasteiger partial charge in [-0.1, -0.05) is 0 Å². The molecule has 9 nitrogen and oxygen atoms in total. The number of rotatable bonds is 3. The molecule has 7 N–H and O–H groups in total. The summed E-state index contributed by atoms with van der Waals surface area (Å²) < 4.78 is 30.1. The molecule has 0 atom stereocenters. The smallest absolute Gasteiger partial charge is 0.336 e. The van der Waals surface area contributed by atoms with Crippen LogP contribution in [0.25, 0.3) is 0 Å². The fourth-order valence-electron chi connectivity index (χ4n) is 1.05. The summed E-state index contributed by atoms with van der Waals surface area (Å²) in [4.78, 5) is 20.6. The van der Waals surface area contributed by atoms with Crippen molar-refractivity contribution < 1.29 is 43.7 Å². The van der Waals surface area contributed by atoms with Gasteiger partial charge in [-0.2, -0.15) is 8.42 Å². The van der Waals surface area contributed by atoms with Crippen molar-refractivity contribution in [1.82, 2.24) is 0 Å². The number of aromatic carboxylic acids is 2. The summed E-state index contributed by atoms with van der Waals surface area (Å²) in [7, 11) is -4.56. The van der Waals surface area contributed by atoms with Crippen LogP contribution in [0.1, 0.15) is 20.7 Å².